The molecule has 1 amide bonds. The summed E-state index contributed by atoms with van der Waals surface area (Å²) in [5.74, 6) is 0.661. The third-order valence-electron chi connectivity index (χ3n) is 5.28. The summed E-state index contributed by atoms with van der Waals surface area (Å²) in [6.07, 6.45) is 1.88. The van der Waals surface area contributed by atoms with Gasteiger partial charge in [0.2, 0.25) is 5.91 Å². The molecule has 0 atom stereocenters. The molecule has 4 nitrogen and oxygen atoms in total. The monoisotopic (exact) mass is 446 g/mol. The van der Waals surface area contributed by atoms with Gasteiger partial charge >= 0.3 is 0 Å². The SMILES string of the molecule is Cc1ccc(Cl)c2sc(N(Cc3ccco3)C(=O)Cc3ccc4ccccc4c3)nc12. The van der Waals surface area contributed by atoms with Gasteiger partial charge in [0.05, 0.1) is 34.5 Å². The number of nitrogens with zero attached hydrogens (tertiary/aromatic N) is 2. The second-order valence-electron chi connectivity index (χ2n) is 7.46. The van der Waals surface area contributed by atoms with Gasteiger partial charge in [0.1, 0.15) is 5.76 Å². The molecule has 6 heteroatoms. The molecular formula is C25H19ClN2O2S. The van der Waals surface area contributed by atoms with E-state index in [0.29, 0.717) is 22.5 Å². The quantitative estimate of drug-likeness (QED) is 0.299. The standard InChI is InChI=1S/C25H19ClN2O2S/c1-16-8-11-21(26)24-23(16)27-25(31-24)28(15-20-7-4-12-30-20)22(29)14-17-9-10-18-5-2-3-6-19(18)13-17/h2-13H,14-15H2,1H3. The van der Waals surface area contributed by atoms with Gasteiger partial charge in [-0.25, -0.2) is 4.98 Å². The number of anilines is 1. The average Bonchev–Trinajstić information content (AvgIpc) is 3.45. The number of hydrogen-bond donors (Lipinski definition) is 0. The van der Waals surface area contributed by atoms with E-state index in [2.05, 4.69) is 24.3 Å². The third kappa shape index (κ3) is 3.94. The Labute approximate surface area is 188 Å². The van der Waals surface area contributed by atoms with Crippen molar-refractivity contribution in [3.63, 3.8) is 0 Å². The van der Waals surface area contributed by atoms with Crippen molar-refractivity contribution in [3.8, 4) is 0 Å². The Morgan fingerprint density at radius 3 is 2.68 bits per heavy atom. The molecule has 0 N–H and O–H groups in total. The van der Waals surface area contributed by atoms with Crippen molar-refractivity contribution >= 4 is 55.0 Å². The van der Waals surface area contributed by atoms with Gasteiger partial charge in [-0.15, -0.1) is 0 Å². The summed E-state index contributed by atoms with van der Waals surface area (Å²) in [6, 6.07) is 21.8. The Morgan fingerprint density at radius 2 is 1.90 bits per heavy atom. The van der Waals surface area contributed by atoms with Gasteiger partial charge < -0.3 is 4.42 Å². The number of aryl methyl sites for hydroxylation is 1. The molecule has 2 aromatic heterocycles. The highest BCUT2D eigenvalue weighted by atomic mass is 35.5. The Hall–Kier alpha value is -3.15. The summed E-state index contributed by atoms with van der Waals surface area (Å²) < 4.78 is 6.41. The first-order chi connectivity index (χ1) is 15.1. The van der Waals surface area contributed by atoms with Crippen LogP contribution in [0, 0.1) is 6.92 Å². The van der Waals surface area contributed by atoms with Crippen LogP contribution in [-0.4, -0.2) is 10.9 Å². The average molecular weight is 447 g/mol. The number of rotatable bonds is 5. The molecular weight excluding hydrogens is 428 g/mol. The van der Waals surface area contributed by atoms with Crippen LogP contribution in [0.15, 0.2) is 77.4 Å². The van der Waals surface area contributed by atoms with E-state index in [1.54, 1.807) is 11.2 Å². The highest BCUT2D eigenvalue weighted by Crippen LogP contribution is 2.36. The van der Waals surface area contributed by atoms with Gasteiger partial charge in [-0.05, 0) is 47.0 Å². The zero-order valence-electron chi connectivity index (χ0n) is 16.8. The van der Waals surface area contributed by atoms with Gasteiger partial charge in [0, 0.05) is 0 Å². The Balaban J connectivity index is 1.51. The molecule has 154 valence electrons. The molecule has 0 unspecified atom stereocenters. The first-order valence-electron chi connectivity index (χ1n) is 9.94. The van der Waals surface area contributed by atoms with Gasteiger partial charge in [-0.1, -0.05) is 71.5 Å². The highest BCUT2D eigenvalue weighted by Gasteiger charge is 2.23. The van der Waals surface area contributed by atoms with E-state index >= 15 is 0 Å². The number of halogens is 1. The van der Waals surface area contributed by atoms with E-state index in [1.807, 2.05) is 49.4 Å². The lowest BCUT2D eigenvalue weighted by Gasteiger charge is -2.19. The van der Waals surface area contributed by atoms with E-state index in [0.717, 1.165) is 32.1 Å². The molecule has 0 saturated carbocycles. The van der Waals surface area contributed by atoms with E-state index in [4.69, 9.17) is 21.0 Å². The van der Waals surface area contributed by atoms with Crippen LogP contribution in [0.3, 0.4) is 0 Å². The normalized spacial score (nSPS) is 11.3. The zero-order valence-corrected chi connectivity index (χ0v) is 18.4. The predicted molar refractivity (Wildman–Crippen MR) is 127 cm³/mol. The van der Waals surface area contributed by atoms with Crippen molar-refractivity contribution < 1.29 is 9.21 Å². The number of fused-ring (bicyclic) bond motifs is 2. The van der Waals surface area contributed by atoms with Crippen molar-refractivity contribution in [2.24, 2.45) is 0 Å². The Kier molecular flexibility index (Phi) is 5.22. The number of carbonyl (C=O) groups is 1. The molecule has 0 aliphatic carbocycles. The molecule has 0 spiro atoms. The van der Waals surface area contributed by atoms with E-state index in [1.165, 1.54) is 11.3 Å². The number of amides is 1. The van der Waals surface area contributed by atoms with Crippen LogP contribution in [0.2, 0.25) is 5.02 Å². The lowest BCUT2D eigenvalue weighted by atomic mass is 10.0. The lowest BCUT2D eigenvalue weighted by molar-refractivity contribution is -0.118. The summed E-state index contributed by atoms with van der Waals surface area (Å²) in [7, 11) is 0. The van der Waals surface area contributed by atoms with Gasteiger partial charge in [-0.3, -0.25) is 9.69 Å². The Bertz CT molecular complexity index is 1350. The second kappa shape index (κ2) is 8.17. The number of hydrogen-bond acceptors (Lipinski definition) is 4. The van der Waals surface area contributed by atoms with Gasteiger partial charge in [-0.2, -0.15) is 0 Å². The van der Waals surface area contributed by atoms with Crippen LogP contribution in [0.5, 0.6) is 0 Å². The molecule has 0 saturated heterocycles. The largest absolute Gasteiger partial charge is 0.467 e. The smallest absolute Gasteiger partial charge is 0.233 e. The highest BCUT2D eigenvalue weighted by molar-refractivity contribution is 7.23. The number of thiazole rings is 1. The topological polar surface area (TPSA) is 46.3 Å². The molecule has 31 heavy (non-hydrogen) atoms. The minimum absolute atomic E-state index is 0.0421. The molecule has 5 aromatic rings. The maximum Gasteiger partial charge on any atom is 0.233 e. The molecule has 0 bridgehead atoms. The van der Waals surface area contributed by atoms with Gasteiger partial charge in [0.25, 0.3) is 0 Å². The predicted octanol–water partition coefficient (Wildman–Crippen LogP) is 6.78. The first kappa shape index (κ1) is 19.8. The van der Waals surface area contributed by atoms with E-state index in [-0.39, 0.29) is 12.3 Å². The summed E-state index contributed by atoms with van der Waals surface area (Å²) in [6.45, 7) is 2.31. The van der Waals surface area contributed by atoms with Crippen LogP contribution in [0.25, 0.3) is 21.0 Å². The summed E-state index contributed by atoms with van der Waals surface area (Å²) >= 11 is 7.83. The molecule has 0 radical (unpaired) electrons. The van der Waals surface area contributed by atoms with Crippen LogP contribution >= 0.6 is 22.9 Å². The fraction of sp³-hybridized carbons (Fsp3) is 0.120. The second-order valence-corrected chi connectivity index (χ2v) is 8.84. The Morgan fingerprint density at radius 1 is 1.06 bits per heavy atom. The molecule has 0 fully saturated rings. The van der Waals surface area contributed by atoms with E-state index < -0.39 is 0 Å². The number of aromatic nitrogens is 1. The fourth-order valence-electron chi connectivity index (χ4n) is 3.65. The molecule has 5 rings (SSSR count). The molecule has 0 aliphatic heterocycles. The van der Waals surface area contributed by atoms with Crippen molar-refractivity contribution in [3.05, 3.63) is 94.9 Å². The minimum atomic E-state index is -0.0421. The number of benzene rings is 3. The first-order valence-corrected chi connectivity index (χ1v) is 11.1. The number of carbonyl (C=O) groups excluding carboxylic acids is 1. The van der Waals surface area contributed by atoms with Crippen molar-refractivity contribution in [1.82, 2.24) is 4.98 Å². The van der Waals surface area contributed by atoms with Crippen LogP contribution < -0.4 is 4.90 Å². The van der Waals surface area contributed by atoms with Crippen molar-refractivity contribution in [2.45, 2.75) is 19.9 Å². The zero-order chi connectivity index (χ0) is 21.4. The van der Waals surface area contributed by atoms with Gasteiger partial charge in [0.15, 0.2) is 5.13 Å². The van der Waals surface area contributed by atoms with E-state index in [9.17, 15) is 4.79 Å². The lowest BCUT2D eigenvalue weighted by Crippen LogP contribution is -2.31. The fourth-order valence-corrected chi connectivity index (χ4v) is 4.98. The summed E-state index contributed by atoms with van der Waals surface area (Å²) in [5, 5.41) is 3.54. The molecule has 2 heterocycles. The maximum atomic E-state index is 13.4. The van der Waals surface area contributed by atoms with Crippen molar-refractivity contribution in [2.75, 3.05) is 4.90 Å². The van der Waals surface area contributed by atoms with Crippen LogP contribution in [0.1, 0.15) is 16.9 Å². The molecule has 3 aromatic carbocycles. The summed E-state index contributed by atoms with van der Waals surface area (Å²) in [4.78, 5) is 19.9. The molecule has 0 aliphatic rings. The number of furan rings is 1. The minimum Gasteiger partial charge on any atom is -0.467 e. The van der Waals surface area contributed by atoms with Crippen LogP contribution in [0.4, 0.5) is 5.13 Å². The third-order valence-corrected chi connectivity index (χ3v) is 6.82. The summed E-state index contributed by atoms with van der Waals surface area (Å²) in [5.41, 5.74) is 2.82. The van der Waals surface area contributed by atoms with Crippen molar-refractivity contribution in [1.29, 1.82) is 0 Å². The van der Waals surface area contributed by atoms with Crippen LogP contribution in [-0.2, 0) is 17.8 Å². The maximum absolute atomic E-state index is 13.4.